The molecule has 0 saturated heterocycles. The molecule has 1 heterocycles. The lowest BCUT2D eigenvalue weighted by atomic mass is 10.0. The summed E-state index contributed by atoms with van der Waals surface area (Å²) in [5.41, 5.74) is 3.55. The second-order valence-corrected chi connectivity index (χ2v) is 6.61. The first-order valence-corrected chi connectivity index (χ1v) is 8.26. The number of thiophene rings is 1. The van der Waals surface area contributed by atoms with Crippen molar-refractivity contribution in [3.8, 4) is 0 Å². The van der Waals surface area contributed by atoms with Gasteiger partial charge in [-0.15, -0.1) is 0 Å². The first-order valence-electron chi connectivity index (χ1n) is 7.32. The third-order valence-corrected chi connectivity index (χ3v) is 4.72. The van der Waals surface area contributed by atoms with Gasteiger partial charge in [-0.2, -0.15) is 11.3 Å². The molecular weight excluding hydrogens is 285 g/mol. The number of aliphatic hydroxyl groups is 1. The van der Waals surface area contributed by atoms with Crippen molar-refractivity contribution < 1.29 is 9.50 Å². The van der Waals surface area contributed by atoms with E-state index in [4.69, 9.17) is 0 Å². The molecule has 2 nitrogen and oxygen atoms in total. The van der Waals surface area contributed by atoms with Crippen molar-refractivity contribution in [1.29, 1.82) is 0 Å². The standard InChI is InChI=1S/C17H20FNOS/c1-11-7-17(15(12(2)20)8-16(11)18)19(14-3-4-14)9-13-5-6-21-10-13/h5-8,10,12,14,20H,3-4,9H2,1-2H3/t12-/m0/s1. The first-order chi connectivity index (χ1) is 10.1. The Morgan fingerprint density at radius 2 is 2.19 bits per heavy atom. The Balaban J connectivity index is 2.00. The fourth-order valence-corrected chi connectivity index (χ4v) is 3.30. The highest BCUT2D eigenvalue weighted by Gasteiger charge is 2.31. The first kappa shape index (κ1) is 14.5. The molecule has 112 valence electrons. The van der Waals surface area contributed by atoms with E-state index in [2.05, 4.69) is 21.7 Å². The van der Waals surface area contributed by atoms with Gasteiger partial charge in [0.05, 0.1) is 6.10 Å². The van der Waals surface area contributed by atoms with Gasteiger partial charge in [0.25, 0.3) is 0 Å². The van der Waals surface area contributed by atoms with Crippen molar-refractivity contribution >= 4 is 17.0 Å². The van der Waals surface area contributed by atoms with Crippen molar-refractivity contribution in [2.24, 2.45) is 0 Å². The van der Waals surface area contributed by atoms with Crippen LogP contribution in [-0.2, 0) is 6.54 Å². The number of aryl methyl sites for hydroxylation is 1. The van der Waals surface area contributed by atoms with Crippen LogP contribution in [0.25, 0.3) is 0 Å². The van der Waals surface area contributed by atoms with E-state index in [1.54, 1.807) is 25.2 Å². The van der Waals surface area contributed by atoms with Crippen molar-refractivity contribution in [1.82, 2.24) is 0 Å². The van der Waals surface area contributed by atoms with E-state index in [-0.39, 0.29) is 5.82 Å². The molecule has 1 N–H and O–H groups in total. The SMILES string of the molecule is Cc1cc(N(Cc2ccsc2)C2CC2)c([C@H](C)O)cc1F. The van der Waals surface area contributed by atoms with Gasteiger partial charge in [0.1, 0.15) is 5.82 Å². The number of aliphatic hydroxyl groups excluding tert-OH is 1. The van der Waals surface area contributed by atoms with Crippen molar-refractivity contribution in [2.75, 3.05) is 4.90 Å². The summed E-state index contributed by atoms with van der Waals surface area (Å²) >= 11 is 1.69. The van der Waals surface area contributed by atoms with Crippen LogP contribution in [0.1, 0.15) is 42.6 Å². The van der Waals surface area contributed by atoms with Crippen molar-refractivity contribution in [3.63, 3.8) is 0 Å². The van der Waals surface area contributed by atoms with E-state index in [0.29, 0.717) is 17.2 Å². The smallest absolute Gasteiger partial charge is 0.126 e. The molecule has 1 aromatic carbocycles. The second-order valence-electron chi connectivity index (χ2n) is 5.83. The zero-order valence-corrected chi connectivity index (χ0v) is 13.2. The molecule has 3 rings (SSSR count). The Bertz CT molecular complexity index is 620. The van der Waals surface area contributed by atoms with Gasteiger partial charge in [0.15, 0.2) is 0 Å². The number of rotatable bonds is 5. The maximum Gasteiger partial charge on any atom is 0.126 e. The van der Waals surface area contributed by atoms with Crippen LogP contribution < -0.4 is 4.90 Å². The largest absolute Gasteiger partial charge is 0.389 e. The zero-order chi connectivity index (χ0) is 15.0. The molecule has 1 aliphatic rings. The fraction of sp³-hybridized carbons (Fsp3) is 0.412. The average molecular weight is 305 g/mol. The van der Waals surface area contributed by atoms with Gasteiger partial charge in [-0.1, -0.05) is 0 Å². The Morgan fingerprint density at radius 1 is 1.43 bits per heavy atom. The molecule has 0 radical (unpaired) electrons. The lowest BCUT2D eigenvalue weighted by Gasteiger charge is -2.28. The molecule has 1 saturated carbocycles. The fourth-order valence-electron chi connectivity index (χ4n) is 2.64. The average Bonchev–Trinajstić information content (AvgIpc) is 3.15. The molecule has 0 spiro atoms. The molecule has 0 aliphatic heterocycles. The molecule has 1 aromatic heterocycles. The van der Waals surface area contributed by atoms with E-state index in [1.165, 1.54) is 24.5 Å². The van der Waals surface area contributed by atoms with Crippen LogP contribution >= 0.6 is 11.3 Å². The summed E-state index contributed by atoms with van der Waals surface area (Å²) in [6, 6.07) is 5.99. The van der Waals surface area contributed by atoms with Crippen molar-refractivity contribution in [2.45, 2.75) is 45.4 Å². The van der Waals surface area contributed by atoms with Crippen LogP contribution in [0.4, 0.5) is 10.1 Å². The molecule has 0 amide bonds. The van der Waals surface area contributed by atoms with Gasteiger partial charge in [0.2, 0.25) is 0 Å². The van der Waals surface area contributed by atoms with Gasteiger partial charge < -0.3 is 10.0 Å². The molecule has 1 atom stereocenters. The lowest BCUT2D eigenvalue weighted by molar-refractivity contribution is 0.199. The number of hydrogen-bond donors (Lipinski definition) is 1. The normalized spacial score (nSPS) is 16.0. The lowest BCUT2D eigenvalue weighted by Crippen LogP contribution is -2.26. The van der Waals surface area contributed by atoms with Gasteiger partial charge >= 0.3 is 0 Å². The Morgan fingerprint density at radius 3 is 2.76 bits per heavy atom. The quantitative estimate of drug-likeness (QED) is 0.884. The molecule has 21 heavy (non-hydrogen) atoms. The Hall–Kier alpha value is -1.39. The van der Waals surface area contributed by atoms with Crippen LogP contribution in [0.2, 0.25) is 0 Å². The Labute approximate surface area is 128 Å². The van der Waals surface area contributed by atoms with E-state index >= 15 is 0 Å². The van der Waals surface area contributed by atoms with Gasteiger partial charge in [-0.3, -0.25) is 0 Å². The third kappa shape index (κ3) is 3.11. The number of benzene rings is 1. The third-order valence-electron chi connectivity index (χ3n) is 3.99. The molecule has 4 heteroatoms. The van der Waals surface area contributed by atoms with Gasteiger partial charge in [-0.25, -0.2) is 4.39 Å². The monoisotopic (exact) mass is 305 g/mol. The molecule has 1 fully saturated rings. The summed E-state index contributed by atoms with van der Waals surface area (Å²) in [4.78, 5) is 2.32. The molecule has 2 aromatic rings. The molecule has 0 bridgehead atoms. The number of hydrogen-bond acceptors (Lipinski definition) is 3. The highest BCUT2D eigenvalue weighted by Crippen LogP contribution is 2.38. The second kappa shape index (κ2) is 5.78. The summed E-state index contributed by atoms with van der Waals surface area (Å²) < 4.78 is 13.8. The summed E-state index contributed by atoms with van der Waals surface area (Å²) in [7, 11) is 0. The van der Waals surface area contributed by atoms with Crippen LogP contribution in [0.5, 0.6) is 0 Å². The van der Waals surface area contributed by atoms with Crippen molar-refractivity contribution in [3.05, 3.63) is 51.5 Å². The summed E-state index contributed by atoms with van der Waals surface area (Å²) in [5.74, 6) is -0.249. The zero-order valence-electron chi connectivity index (χ0n) is 12.3. The van der Waals surface area contributed by atoms with E-state index in [0.717, 1.165) is 12.2 Å². The van der Waals surface area contributed by atoms with Gasteiger partial charge in [0, 0.05) is 23.8 Å². The molecular formula is C17H20FNOS. The number of halogens is 1. The summed E-state index contributed by atoms with van der Waals surface area (Å²) in [6.45, 7) is 4.29. The van der Waals surface area contributed by atoms with Crippen LogP contribution in [-0.4, -0.2) is 11.1 Å². The molecule has 1 aliphatic carbocycles. The van der Waals surface area contributed by atoms with E-state index < -0.39 is 6.10 Å². The van der Waals surface area contributed by atoms with Crippen LogP contribution in [0.3, 0.4) is 0 Å². The molecule has 0 unspecified atom stereocenters. The highest BCUT2D eigenvalue weighted by atomic mass is 32.1. The Kier molecular flexibility index (Phi) is 4.00. The van der Waals surface area contributed by atoms with E-state index in [9.17, 15) is 9.50 Å². The summed E-state index contributed by atoms with van der Waals surface area (Å²) in [5, 5.41) is 14.2. The minimum Gasteiger partial charge on any atom is -0.389 e. The number of nitrogens with zero attached hydrogens (tertiary/aromatic N) is 1. The minimum absolute atomic E-state index is 0.249. The predicted octanol–water partition coefficient (Wildman–Crippen LogP) is 4.42. The van der Waals surface area contributed by atoms with Crippen LogP contribution in [0.15, 0.2) is 29.0 Å². The topological polar surface area (TPSA) is 23.5 Å². The summed E-state index contributed by atoms with van der Waals surface area (Å²) in [6.07, 6.45) is 1.67. The minimum atomic E-state index is -0.668. The van der Waals surface area contributed by atoms with Gasteiger partial charge in [-0.05, 0) is 66.8 Å². The highest BCUT2D eigenvalue weighted by molar-refractivity contribution is 7.07. The maximum absolute atomic E-state index is 13.8. The maximum atomic E-state index is 13.8. The van der Waals surface area contributed by atoms with E-state index in [1.807, 2.05) is 6.07 Å². The van der Waals surface area contributed by atoms with Crippen LogP contribution in [0, 0.1) is 12.7 Å². The predicted molar refractivity (Wildman–Crippen MR) is 85.3 cm³/mol. The number of anilines is 1.